The number of hydrogen-bond acceptors (Lipinski definition) is 5. The molecule has 3 rings (SSSR count). The second kappa shape index (κ2) is 8.91. The van der Waals surface area contributed by atoms with Gasteiger partial charge in [-0.3, -0.25) is 5.32 Å². The molecule has 6 nitrogen and oxygen atoms in total. The number of nitrogens with zero attached hydrogens (tertiary/aromatic N) is 2. The van der Waals surface area contributed by atoms with Crippen molar-refractivity contribution in [3.05, 3.63) is 70.2 Å². The van der Waals surface area contributed by atoms with E-state index in [-0.39, 0.29) is 6.54 Å². The van der Waals surface area contributed by atoms with Gasteiger partial charge < -0.3 is 10.1 Å². The first-order valence-electron chi connectivity index (χ1n) is 8.50. The molecule has 1 aromatic heterocycles. The quantitative estimate of drug-likeness (QED) is 0.614. The smallest absolute Gasteiger partial charge is 0.416 e. The number of anilines is 1. The van der Waals surface area contributed by atoms with Gasteiger partial charge in [-0.2, -0.15) is 13.2 Å². The number of aromatic nitrogens is 2. The van der Waals surface area contributed by atoms with Crippen molar-refractivity contribution in [2.75, 3.05) is 12.4 Å². The number of methoxy groups -OCH3 is 1. The molecule has 0 aliphatic carbocycles. The van der Waals surface area contributed by atoms with E-state index in [1.165, 1.54) is 23.5 Å². The maximum atomic E-state index is 12.7. The van der Waals surface area contributed by atoms with E-state index in [1.807, 2.05) is 24.3 Å². The van der Waals surface area contributed by atoms with Crippen LogP contribution in [0.4, 0.5) is 23.1 Å². The van der Waals surface area contributed by atoms with Gasteiger partial charge in [0.15, 0.2) is 0 Å². The normalized spacial score (nSPS) is 11.2. The second-order valence-corrected chi connectivity index (χ2v) is 7.10. The third-order valence-corrected chi connectivity index (χ3v) is 4.72. The highest BCUT2D eigenvalue weighted by Crippen LogP contribution is 2.29. The molecule has 152 valence electrons. The van der Waals surface area contributed by atoms with Gasteiger partial charge in [-0.1, -0.05) is 35.6 Å². The molecule has 2 amide bonds. The lowest BCUT2D eigenvalue weighted by Crippen LogP contribution is -2.28. The fraction of sp³-hybridized carbons (Fsp3) is 0.211. The average Bonchev–Trinajstić information content (AvgIpc) is 3.12. The molecule has 2 aromatic carbocycles. The number of carbonyl (C=O) groups excluding carboxylic acids is 1. The molecule has 0 spiro atoms. The van der Waals surface area contributed by atoms with Crippen molar-refractivity contribution in [3.63, 3.8) is 0 Å². The monoisotopic (exact) mass is 422 g/mol. The number of carbonyl (C=O) groups is 1. The highest BCUT2D eigenvalue weighted by molar-refractivity contribution is 7.15. The standard InChI is InChI=1S/C19H17F3N4O2S/c1-28-15-7-3-4-12(9-15)10-16-25-26-18(29-16)24-17(27)23-11-13-5-2-6-14(8-13)19(20,21)22/h2-9H,10-11H2,1H3,(H2,23,24,26,27). The van der Waals surface area contributed by atoms with E-state index in [0.29, 0.717) is 22.1 Å². The second-order valence-electron chi connectivity index (χ2n) is 6.04. The molecule has 0 radical (unpaired) electrons. The summed E-state index contributed by atoms with van der Waals surface area (Å²) in [5.41, 5.74) is 0.565. The number of hydrogen-bond donors (Lipinski definition) is 2. The lowest BCUT2D eigenvalue weighted by molar-refractivity contribution is -0.137. The van der Waals surface area contributed by atoms with Gasteiger partial charge in [0.25, 0.3) is 0 Å². The fourth-order valence-corrected chi connectivity index (χ4v) is 3.28. The molecule has 0 fully saturated rings. The van der Waals surface area contributed by atoms with Gasteiger partial charge in [0.1, 0.15) is 10.8 Å². The molecule has 0 bridgehead atoms. The molecule has 3 aromatic rings. The number of rotatable bonds is 6. The summed E-state index contributed by atoms with van der Waals surface area (Å²) in [6.45, 7) is -0.0504. The van der Waals surface area contributed by atoms with E-state index in [2.05, 4.69) is 20.8 Å². The minimum atomic E-state index is -4.43. The zero-order valence-corrected chi connectivity index (χ0v) is 16.1. The van der Waals surface area contributed by atoms with Crippen molar-refractivity contribution in [1.82, 2.24) is 15.5 Å². The first-order chi connectivity index (χ1) is 13.8. The zero-order valence-electron chi connectivity index (χ0n) is 15.3. The number of benzene rings is 2. The number of amides is 2. The van der Waals surface area contributed by atoms with Crippen LogP contribution in [0.5, 0.6) is 5.75 Å². The molecule has 29 heavy (non-hydrogen) atoms. The number of alkyl halides is 3. The maximum absolute atomic E-state index is 12.7. The third-order valence-electron chi connectivity index (χ3n) is 3.88. The predicted molar refractivity (Wildman–Crippen MR) is 103 cm³/mol. The van der Waals surface area contributed by atoms with Crippen LogP contribution >= 0.6 is 11.3 Å². The minimum absolute atomic E-state index is 0.0504. The molecule has 0 aliphatic rings. The van der Waals surface area contributed by atoms with E-state index in [1.54, 1.807) is 7.11 Å². The average molecular weight is 422 g/mol. The SMILES string of the molecule is COc1cccc(Cc2nnc(NC(=O)NCc3cccc(C(F)(F)F)c3)s2)c1. The lowest BCUT2D eigenvalue weighted by Gasteiger charge is -2.09. The summed E-state index contributed by atoms with van der Waals surface area (Å²) >= 11 is 1.21. The van der Waals surface area contributed by atoms with Crippen molar-refractivity contribution in [1.29, 1.82) is 0 Å². The Morgan fingerprint density at radius 1 is 1.10 bits per heavy atom. The zero-order chi connectivity index (χ0) is 20.9. The van der Waals surface area contributed by atoms with Gasteiger partial charge >= 0.3 is 12.2 Å². The van der Waals surface area contributed by atoms with Gasteiger partial charge in [-0.25, -0.2) is 4.79 Å². The van der Waals surface area contributed by atoms with Crippen LogP contribution in [0.3, 0.4) is 0 Å². The van der Waals surface area contributed by atoms with Crippen molar-refractivity contribution >= 4 is 22.5 Å². The van der Waals surface area contributed by atoms with Gasteiger partial charge in [0, 0.05) is 13.0 Å². The Labute approximate surface area is 168 Å². The van der Waals surface area contributed by atoms with Gasteiger partial charge in [-0.15, -0.1) is 10.2 Å². The van der Waals surface area contributed by atoms with Crippen molar-refractivity contribution in [2.45, 2.75) is 19.1 Å². The molecule has 2 N–H and O–H groups in total. The maximum Gasteiger partial charge on any atom is 0.416 e. The molecule has 0 saturated carbocycles. The number of ether oxygens (including phenoxy) is 1. The Morgan fingerprint density at radius 2 is 1.86 bits per heavy atom. The first-order valence-corrected chi connectivity index (χ1v) is 9.31. The summed E-state index contributed by atoms with van der Waals surface area (Å²) in [5, 5.41) is 14.0. The van der Waals surface area contributed by atoms with Crippen LogP contribution < -0.4 is 15.4 Å². The molecular formula is C19H17F3N4O2S. The lowest BCUT2D eigenvalue weighted by atomic mass is 10.1. The fourth-order valence-electron chi connectivity index (χ4n) is 2.51. The van der Waals surface area contributed by atoms with Crippen molar-refractivity contribution < 1.29 is 22.7 Å². The summed E-state index contributed by atoms with van der Waals surface area (Å²) < 4.78 is 43.4. The van der Waals surface area contributed by atoms with Gasteiger partial charge in [0.05, 0.1) is 12.7 Å². The summed E-state index contributed by atoms with van der Waals surface area (Å²) in [7, 11) is 1.59. The van der Waals surface area contributed by atoms with E-state index < -0.39 is 17.8 Å². The summed E-state index contributed by atoms with van der Waals surface area (Å²) in [6.07, 6.45) is -3.90. The third kappa shape index (κ3) is 5.92. The van der Waals surface area contributed by atoms with Crippen molar-refractivity contribution in [2.24, 2.45) is 0 Å². The molecule has 0 atom stereocenters. The van der Waals surface area contributed by atoms with Crippen LogP contribution in [-0.4, -0.2) is 23.3 Å². The topological polar surface area (TPSA) is 76.1 Å². The summed E-state index contributed by atoms with van der Waals surface area (Å²) in [5.74, 6) is 0.735. The largest absolute Gasteiger partial charge is 0.497 e. The molecule has 10 heteroatoms. The van der Waals surface area contributed by atoms with E-state index >= 15 is 0 Å². The van der Waals surface area contributed by atoms with Crippen LogP contribution in [0.1, 0.15) is 21.7 Å². The van der Waals surface area contributed by atoms with Crippen LogP contribution in [0.25, 0.3) is 0 Å². The summed E-state index contributed by atoms with van der Waals surface area (Å²) in [4.78, 5) is 12.0. The molecule has 0 unspecified atom stereocenters. The Morgan fingerprint density at radius 3 is 2.62 bits per heavy atom. The Bertz CT molecular complexity index is 991. The Balaban J connectivity index is 1.54. The van der Waals surface area contributed by atoms with Gasteiger partial charge in [-0.05, 0) is 35.4 Å². The Kier molecular flexibility index (Phi) is 6.32. The molecular weight excluding hydrogens is 405 g/mol. The van der Waals surface area contributed by atoms with Crippen molar-refractivity contribution in [3.8, 4) is 5.75 Å². The highest BCUT2D eigenvalue weighted by Gasteiger charge is 2.30. The Hall–Kier alpha value is -3.14. The minimum Gasteiger partial charge on any atom is -0.497 e. The highest BCUT2D eigenvalue weighted by atomic mass is 32.1. The molecule has 1 heterocycles. The number of halogens is 3. The molecule has 0 saturated heterocycles. The van der Waals surface area contributed by atoms with E-state index in [0.717, 1.165) is 23.4 Å². The van der Waals surface area contributed by atoms with Crippen LogP contribution in [-0.2, 0) is 19.1 Å². The van der Waals surface area contributed by atoms with E-state index in [4.69, 9.17) is 4.74 Å². The van der Waals surface area contributed by atoms with Crippen LogP contribution in [0.15, 0.2) is 48.5 Å². The predicted octanol–water partition coefficient (Wildman–Crippen LogP) is 4.48. The van der Waals surface area contributed by atoms with Crippen LogP contribution in [0.2, 0.25) is 0 Å². The molecule has 0 aliphatic heterocycles. The first kappa shape index (κ1) is 20.6. The summed E-state index contributed by atoms with van der Waals surface area (Å²) in [6, 6.07) is 11.7. The van der Waals surface area contributed by atoms with E-state index in [9.17, 15) is 18.0 Å². The number of urea groups is 1. The van der Waals surface area contributed by atoms with Crippen LogP contribution in [0, 0.1) is 0 Å². The van der Waals surface area contributed by atoms with Gasteiger partial charge in [0.2, 0.25) is 5.13 Å². The number of nitrogens with one attached hydrogen (secondary N) is 2.